The number of hydrogen-bond acceptors (Lipinski definition) is 6. The second kappa shape index (κ2) is 11.0. The molecule has 0 fully saturated rings. The fraction of sp³-hybridized carbons (Fsp3) is 0.318. The maximum Gasteiger partial charge on any atom is 0.325 e. The second-order valence-corrected chi connectivity index (χ2v) is 8.56. The van der Waals surface area contributed by atoms with E-state index in [1.807, 2.05) is 43.3 Å². The van der Waals surface area contributed by atoms with Crippen LogP contribution in [-0.4, -0.2) is 35.9 Å². The topological polar surface area (TPSA) is 69.9 Å². The van der Waals surface area contributed by atoms with Crippen molar-refractivity contribution >= 4 is 45.2 Å². The lowest BCUT2D eigenvalue weighted by Gasteiger charge is -2.05. The molecule has 0 unspecified atom stereocenters. The molecule has 30 heavy (non-hydrogen) atoms. The van der Waals surface area contributed by atoms with Gasteiger partial charge in [0.25, 0.3) is 0 Å². The van der Waals surface area contributed by atoms with Crippen molar-refractivity contribution in [3.63, 3.8) is 0 Å². The number of benzene rings is 2. The maximum atomic E-state index is 12.5. The molecule has 0 aliphatic rings. The van der Waals surface area contributed by atoms with E-state index in [1.165, 1.54) is 23.3 Å². The molecule has 0 bridgehead atoms. The fourth-order valence-electron chi connectivity index (χ4n) is 2.83. The number of ether oxygens (including phenoxy) is 2. The zero-order valence-corrected chi connectivity index (χ0v) is 18.6. The minimum atomic E-state index is -0.392. The molecule has 0 atom stereocenters. The summed E-state index contributed by atoms with van der Waals surface area (Å²) in [6.45, 7) is 2.49. The van der Waals surface area contributed by atoms with Gasteiger partial charge in [-0.3, -0.25) is 9.59 Å². The Morgan fingerprint density at radius 2 is 1.97 bits per heavy atom. The highest BCUT2D eigenvalue weighted by Gasteiger charge is 2.12. The summed E-state index contributed by atoms with van der Waals surface area (Å²) in [6, 6.07) is 15.7. The highest BCUT2D eigenvalue weighted by atomic mass is 32.2. The molecule has 2 aromatic carbocycles. The number of hydrogen-bond donors (Lipinski definition) is 0. The number of thioether (sulfide) groups is 1. The van der Waals surface area contributed by atoms with Crippen molar-refractivity contribution in [2.24, 2.45) is 4.99 Å². The Hall–Kier alpha value is -2.58. The molecule has 1 heterocycles. The molecular formula is C22H24N2O4S2. The van der Waals surface area contributed by atoms with Gasteiger partial charge in [0.05, 0.1) is 23.9 Å². The number of thiazole rings is 1. The van der Waals surface area contributed by atoms with E-state index >= 15 is 0 Å². The highest BCUT2D eigenvalue weighted by Crippen LogP contribution is 2.24. The van der Waals surface area contributed by atoms with Gasteiger partial charge < -0.3 is 14.0 Å². The van der Waals surface area contributed by atoms with Gasteiger partial charge in [-0.05, 0) is 49.4 Å². The molecule has 158 valence electrons. The highest BCUT2D eigenvalue weighted by molar-refractivity contribution is 7.99. The smallest absolute Gasteiger partial charge is 0.325 e. The van der Waals surface area contributed by atoms with Gasteiger partial charge in [-0.15, -0.1) is 11.8 Å². The summed E-state index contributed by atoms with van der Waals surface area (Å²) in [7, 11) is 1.34. The monoisotopic (exact) mass is 444 g/mol. The largest absolute Gasteiger partial charge is 0.494 e. The Balaban J connectivity index is 1.76. The number of aromatic nitrogens is 1. The zero-order valence-electron chi connectivity index (χ0n) is 17.0. The van der Waals surface area contributed by atoms with E-state index in [0.29, 0.717) is 17.8 Å². The number of rotatable bonds is 9. The van der Waals surface area contributed by atoms with Crippen LogP contribution in [0.15, 0.2) is 58.4 Å². The molecular weight excluding hydrogens is 420 g/mol. The molecule has 0 radical (unpaired) electrons. The molecule has 0 saturated carbocycles. The van der Waals surface area contributed by atoms with Crippen molar-refractivity contribution in [2.75, 3.05) is 19.5 Å². The molecule has 0 N–H and O–H groups in total. The number of amides is 1. The fourth-order valence-corrected chi connectivity index (χ4v) is 4.78. The molecule has 0 aliphatic carbocycles. The van der Waals surface area contributed by atoms with Crippen molar-refractivity contribution in [1.29, 1.82) is 0 Å². The first-order chi connectivity index (χ1) is 14.6. The van der Waals surface area contributed by atoms with E-state index < -0.39 is 5.97 Å². The third kappa shape index (κ3) is 5.96. The van der Waals surface area contributed by atoms with Crippen molar-refractivity contribution in [1.82, 2.24) is 4.57 Å². The molecule has 3 aromatic rings. The summed E-state index contributed by atoms with van der Waals surface area (Å²) in [5.41, 5.74) is 0.819. The standard InChI is InChI=1S/C22H24N2O4S2/c1-3-28-16-11-12-18-19(14-16)30-22(24(18)15-21(26)27-2)23-20(25)10-7-13-29-17-8-5-4-6-9-17/h4-6,8-9,11-12,14H,3,7,10,13,15H2,1-2H3. The van der Waals surface area contributed by atoms with Gasteiger partial charge in [0.1, 0.15) is 12.3 Å². The van der Waals surface area contributed by atoms with Crippen LogP contribution in [-0.2, 0) is 20.9 Å². The third-order valence-corrected chi connectivity index (χ3v) is 6.39. The lowest BCUT2D eigenvalue weighted by Crippen LogP contribution is -2.22. The van der Waals surface area contributed by atoms with Crippen LogP contribution in [0.4, 0.5) is 0 Å². The van der Waals surface area contributed by atoms with Crippen molar-refractivity contribution in [3.8, 4) is 5.75 Å². The lowest BCUT2D eigenvalue weighted by molar-refractivity contribution is -0.141. The average molecular weight is 445 g/mol. The SMILES string of the molecule is CCOc1ccc2c(c1)sc(=NC(=O)CCCSc1ccccc1)n2CC(=O)OC. The Morgan fingerprint density at radius 3 is 2.70 bits per heavy atom. The van der Waals surface area contributed by atoms with Crippen LogP contribution in [0, 0.1) is 0 Å². The summed E-state index contributed by atoms with van der Waals surface area (Å²) in [6.07, 6.45) is 1.09. The minimum absolute atomic E-state index is 0.000450. The Morgan fingerprint density at radius 1 is 1.17 bits per heavy atom. The normalized spacial score (nSPS) is 11.6. The van der Waals surface area contributed by atoms with Crippen LogP contribution in [0.25, 0.3) is 10.2 Å². The summed E-state index contributed by atoms with van der Waals surface area (Å²) in [4.78, 5) is 30.3. The number of carbonyl (C=O) groups is 2. The van der Waals surface area contributed by atoms with Gasteiger partial charge in [0.2, 0.25) is 5.91 Å². The van der Waals surface area contributed by atoms with Crippen molar-refractivity contribution in [2.45, 2.75) is 31.2 Å². The predicted molar refractivity (Wildman–Crippen MR) is 120 cm³/mol. The van der Waals surface area contributed by atoms with E-state index in [9.17, 15) is 9.59 Å². The number of methoxy groups -OCH3 is 1. The lowest BCUT2D eigenvalue weighted by atomic mass is 10.3. The number of fused-ring (bicyclic) bond motifs is 1. The molecule has 0 saturated heterocycles. The molecule has 0 aliphatic heterocycles. The van der Waals surface area contributed by atoms with E-state index in [2.05, 4.69) is 17.1 Å². The van der Waals surface area contributed by atoms with Crippen molar-refractivity contribution < 1.29 is 19.1 Å². The Bertz CT molecular complexity index is 1070. The van der Waals surface area contributed by atoms with Crippen molar-refractivity contribution in [3.05, 3.63) is 53.3 Å². The van der Waals surface area contributed by atoms with Crippen LogP contribution in [0.2, 0.25) is 0 Å². The van der Waals surface area contributed by atoms with Gasteiger partial charge in [-0.2, -0.15) is 4.99 Å². The maximum absolute atomic E-state index is 12.5. The summed E-state index contributed by atoms with van der Waals surface area (Å²) in [5.74, 6) is 1.00. The van der Waals surface area contributed by atoms with Gasteiger partial charge in [0, 0.05) is 11.3 Å². The first-order valence-electron chi connectivity index (χ1n) is 9.69. The van der Waals surface area contributed by atoms with Gasteiger partial charge >= 0.3 is 5.97 Å². The number of esters is 1. The molecule has 0 spiro atoms. The zero-order chi connectivity index (χ0) is 21.3. The van der Waals surface area contributed by atoms with Gasteiger partial charge in [-0.1, -0.05) is 29.5 Å². The van der Waals surface area contributed by atoms with E-state index in [-0.39, 0.29) is 12.5 Å². The van der Waals surface area contributed by atoms with Crippen LogP contribution in [0.5, 0.6) is 5.75 Å². The van der Waals surface area contributed by atoms with E-state index in [1.54, 1.807) is 16.3 Å². The first-order valence-corrected chi connectivity index (χ1v) is 11.5. The molecule has 1 aromatic heterocycles. The van der Waals surface area contributed by atoms with Gasteiger partial charge in [0.15, 0.2) is 4.80 Å². The Labute approximate surface area is 183 Å². The summed E-state index contributed by atoms with van der Waals surface area (Å²) < 4.78 is 13.0. The number of carbonyl (C=O) groups excluding carboxylic acids is 2. The predicted octanol–water partition coefficient (Wildman–Crippen LogP) is 4.27. The molecule has 3 rings (SSSR count). The number of nitrogens with zero attached hydrogens (tertiary/aromatic N) is 2. The van der Waals surface area contributed by atoms with E-state index in [0.717, 1.165) is 28.1 Å². The summed E-state index contributed by atoms with van der Waals surface area (Å²) in [5, 5.41) is 0. The molecule has 6 nitrogen and oxygen atoms in total. The molecule has 1 amide bonds. The van der Waals surface area contributed by atoms with Crippen LogP contribution in [0.1, 0.15) is 19.8 Å². The van der Waals surface area contributed by atoms with Gasteiger partial charge in [-0.25, -0.2) is 0 Å². The van der Waals surface area contributed by atoms with Crippen LogP contribution in [0.3, 0.4) is 0 Å². The van der Waals surface area contributed by atoms with E-state index in [4.69, 9.17) is 9.47 Å². The summed E-state index contributed by atoms with van der Waals surface area (Å²) >= 11 is 3.08. The minimum Gasteiger partial charge on any atom is -0.494 e. The second-order valence-electron chi connectivity index (χ2n) is 6.38. The Kier molecular flexibility index (Phi) is 8.10. The molecule has 8 heteroatoms. The average Bonchev–Trinajstić information content (AvgIpc) is 3.08. The third-order valence-electron chi connectivity index (χ3n) is 4.25. The van der Waals surface area contributed by atoms with Crippen LogP contribution < -0.4 is 9.54 Å². The quantitative estimate of drug-likeness (QED) is 0.280. The van der Waals surface area contributed by atoms with Crippen LogP contribution >= 0.6 is 23.1 Å². The first kappa shape index (κ1) is 22.1.